The summed E-state index contributed by atoms with van der Waals surface area (Å²) in [7, 11) is 0. The molecular weight excluding hydrogens is 334 g/mol. The Balaban J connectivity index is 1.65. The van der Waals surface area contributed by atoms with Gasteiger partial charge in [0.15, 0.2) is 0 Å². The normalized spacial score (nSPS) is 17.6. The number of aromatic nitrogens is 3. The molecule has 0 aliphatic carbocycles. The van der Waals surface area contributed by atoms with Gasteiger partial charge in [0.1, 0.15) is 6.33 Å². The van der Waals surface area contributed by atoms with Crippen molar-refractivity contribution in [3.05, 3.63) is 36.7 Å². The van der Waals surface area contributed by atoms with Crippen LogP contribution in [-0.4, -0.2) is 39.9 Å². The average molecular weight is 352 g/mol. The Hall–Kier alpha value is -1.40. The molecule has 1 aromatic heterocycles. The number of para-hydroxylation sites is 1. The molecule has 0 atom stereocenters. The Bertz CT molecular complexity index is 567. The van der Waals surface area contributed by atoms with Crippen LogP contribution < -0.4 is 4.74 Å². The third-order valence-corrected chi connectivity index (χ3v) is 5.03. The van der Waals surface area contributed by atoms with E-state index < -0.39 is 0 Å². The highest BCUT2D eigenvalue weighted by molar-refractivity contribution is 9.09. The van der Waals surface area contributed by atoms with E-state index in [2.05, 4.69) is 26.0 Å². The maximum atomic E-state index is 5.81. The van der Waals surface area contributed by atoms with Crippen LogP contribution in [0.2, 0.25) is 0 Å². The van der Waals surface area contributed by atoms with Gasteiger partial charge >= 0.3 is 6.01 Å². The molecule has 0 spiro atoms. The molecule has 0 amide bonds. The summed E-state index contributed by atoms with van der Waals surface area (Å²) in [5.74, 6) is 0. The fraction of sp³-hybridized carbons (Fsp3) is 0.467. The number of nitrogens with zero attached hydrogens (tertiary/aromatic N) is 3. The molecule has 2 aromatic rings. The van der Waals surface area contributed by atoms with Crippen LogP contribution >= 0.6 is 15.9 Å². The minimum Gasteiger partial charge on any atom is -0.462 e. The summed E-state index contributed by atoms with van der Waals surface area (Å²) in [6.07, 6.45) is 3.67. The monoisotopic (exact) mass is 351 g/mol. The Morgan fingerprint density at radius 1 is 1.24 bits per heavy atom. The predicted octanol–water partition coefficient (Wildman–Crippen LogP) is 2.84. The van der Waals surface area contributed by atoms with E-state index in [1.54, 1.807) is 11.0 Å². The van der Waals surface area contributed by atoms with Crippen LogP contribution in [-0.2, 0) is 4.74 Å². The van der Waals surface area contributed by atoms with Crippen molar-refractivity contribution in [3.8, 4) is 11.7 Å². The zero-order valence-corrected chi connectivity index (χ0v) is 13.3. The van der Waals surface area contributed by atoms with Crippen LogP contribution in [0.15, 0.2) is 36.7 Å². The lowest BCUT2D eigenvalue weighted by atomic mass is 9.83. The Labute approximate surface area is 132 Å². The molecule has 0 N–H and O–H groups in total. The molecule has 2 heterocycles. The highest BCUT2D eigenvalue weighted by Crippen LogP contribution is 2.32. The van der Waals surface area contributed by atoms with E-state index in [1.165, 1.54) is 0 Å². The van der Waals surface area contributed by atoms with E-state index in [9.17, 15) is 0 Å². The highest BCUT2D eigenvalue weighted by Gasteiger charge is 2.32. The quantitative estimate of drug-likeness (QED) is 0.777. The molecule has 1 aromatic carbocycles. The van der Waals surface area contributed by atoms with Gasteiger partial charge in [0, 0.05) is 24.0 Å². The maximum Gasteiger partial charge on any atom is 0.335 e. The van der Waals surface area contributed by atoms with Crippen molar-refractivity contribution in [2.45, 2.75) is 12.8 Å². The van der Waals surface area contributed by atoms with Gasteiger partial charge in [-0.1, -0.05) is 34.1 Å². The molecule has 5 nitrogen and oxygen atoms in total. The largest absolute Gasteiger partial charge is 0.462 e. The first-order valence-corrected chi connectivity index (χ1v) is 8.17. The van der Waals surface area contributed by atoms with Crippen LogP contribution in [0.4, 0.5) is 0 Å². The number of benzene rings is 1. The molecule has 3 rings (SSSR count). The fourth-order valence-corrected chi connectivity index (χ4v) is 3.08. The lowest BCUT2D eigenvalue weighted by molar-refractivity contribution is 0.00181. The van der Waals surface area contributed by atoms with E-state index in [4.69, 9.17) is 9.47 Å². The summed E-state index contributed by atoms with van der Waals surface area (Å²) < 4.78 is 13.0. The summed E-state index contributed by atoms with van der Waals surface area (Å²) in [5, 5.41) is 5.27. The van der Waals surface area contributed by atoms with Crippen molar-refractivity contribution in [1.82, 2.24) is 14.8 Å². The molecule has 0 unspecified atom stereocenters. The molecule has 6 heteroatoms. The topological polar surface area (TPSA) is 49.2 Å². The summed E-state index contributed by atoms with van der Waals surface area (Å²) in [6, 6.07) is 10.3. The summed E-state index contributed by atoms with van der Waals surface area (Å²) >= 11 is 3.60. The van der Waals surface area contributed by atoms with Gasteiger partial charge in [0.05, 0.1) is 12.3 Å². The van der Waals surface area contributed by atoms with E-state index in [-0.39, 0.29) is 5.41 Å². The van der Waals surface area contributed by atoms with Gasteiger partial charge in [-0.15, -0.1) is 5.10 Å². The predicted molar refractivity (Wildman–Crippen MR) is 83.1 cm³/mol. The number of rotatable bonds is 5. The van der Waals surface area contributed by atoms with Crippen molar-refractivity contribution in [2.75, 3.05) is 25.2 Å². The van der Waals surface area contributed by atoms with Gasteiger partial charge in [0.25, 0.3) is 0 Å². The van der Waals surface area contributed by atoms with Gasteiger partial charge in [-0.05, 0) is 25.0 Å². The van der Waals surface area contributed by atoms with Crippen LogP contribution in [0.5, 0.6) is 6.01 Å². The number of alkyl halides is 1. The zero-order valence-electron chi connectivity index (χ0n) is 11.7. The molecule has 1 saturated heterocycles. The van der Waals surface area contributed by atoms with E-state index in [0.29, 0.717) is 12.6 Å². The molecule has 0 saturated carbocycles. The van der Waals surface area contributed by atoms with Gasteiger partial charge < -0.3 is 9.47 Å². The zero-order chi connectivity index (χ0) is 14.5. The van der Waals surface area contributed by atoms with Crippen molar-refractivity contribution in [1.29, 1.82) is 0 Å². The van der Waals surface area contributed by atoms with E-state index >= 15 is 0 Å². The number of ether oxygens (including phenoxy) is 2. The molecule has 112 valence electrons. The Morgan fingerprint density at radius 3 is 2.71 bits per heavy atom. The van der Waals surface area contributed by atoms with Gasteiger partial charge in [-0.25, -0.2) is 4.68 Å². The minimum atomic E-state index is 0.121. The molecule has 0 radical (unpaired) electrons. The first kappa shape index (κ1) is 14.5. The standard InChI is InChI=1S/C15H18BrN3O2/c16-10-15(6-8-20-9-7-15)11-21-14-17-12-19(18-14)13-4-2-1-3-5-13/h1-5,12H,6-11H2. The van der Waals surface area contributed by atoms with Crippen LogP contribution in [0.25, 0.3) is 5.69 Å². The van der Waals surface area contributed by atoms with Crippen molar-refractivity contribution >= 4 is 15.9 Å². The van der Waals surface area contributed by atoms with Gasteiger partial charge in [-0.3, -0.25) is 0 Å². The Morgan fingerprint density at radius 2 is 2.00 bits per heavy atom. The lowest BCUT2D eigenvalue weighted by Gasteiger charge is -2.34. The van der Waals surface area contributed by atoms with E-state index in [1.807, 2.05) is 30.3 Å². The first-order valence-electron chi connectivity index (χ1n) is 7.05. The second-order valence-electron chi connectivity index (χ2n) is 5.34. The fourth-order valence-electron chi connectivity index (χ4n) is 2.36. The number of hydrogen-bond acceptors (Lipinski definition) is 4. The Kier molecular flexibility index (Phi) is 4.55. The van der Waals surface area contributed by atoms with Crippen molar-refractivity contribution in [2.24, 2.45) is 5.41 Å². The molecule has 1 aliphatic heterocycles. The van der Waals surface area contributed by atoms with Crippen LogP contribution in [0.1, 0.15) is 12.8 Å². The molecule has 21 heavy (non-hydrogen) atoms. The van der Waals surface area contributed by atoms with Crippen LogP contribution in [0.3, 0.4) is 0 Å². The SMILES string of the molecule is BrCC1(COc2ncn(-c3ccccc3)n2)CCOCC1. The summed E-state index contributed by atoms with van der Waals surface area (Å²) in [6.45, 7) is 2.20. The third kappa shape index (κ3) is 3.44. The lowest BCUT2D eigenvalue weighted by Crippen LogP contribution is -2.36. The van der Waals surface area contributed by atoms with Crippen molar-refractivity contribution in [3.63, 3.8) is 0 Å². The van der Waals surface area contributed by atoms with Crippen LogP contribution in [0, 0.1) is 5.41 Å². The molecule has 1 aliphatic rings. The summed E-state index contributed by atoms with van der Waals surface area (Å²) in [4.78, 5) is 4.23. The smallest absolute Gasteiger partial charge is 0.335 e. The van der Waals surface area contributed by atoms with Gasteiger partial charge in [-0.2, -0.15) is 4.98 Å². The van der Waals surface area contributed by atoms with Crippen molar-refractivity contribution < 1.29 is 9.47 Å². The first-order chi connectivity index (χ1) is 10.3. The highest BCUT2D eigenvalue weighted by atomic mass is 79.9. The van der Waals surface area contributed by atoms with Gasteiger partial charge in [0.2, 0.25) is 0 Å². The molecule has 0 bridgehead atoms. The summed E-state index contributed by atoms with van der Waals surface area (Å²) in [5.41, 5.74) is 1.09. The van der Waals surface area contributed by atoms with E-state index in [0.717, 1.165) is 37.1 Å². The average Bonchev–Trinajstić information content (AvgIpc) is 3.04. The number of halogens is 1. The molecule has 1 fully saturated rings. The minimum absolute atomic E-state index is 0.121. The number of hydrogen-bond donors (Lipinski definition) is 0. The second kappa shape index (κ2) is 6.58. The maximum absolute atomic E-state index is 5.81. The third-order valence-electron chi connectivity index (χ3n) is 3.84. The molecular formula is C15H18BrN3O2. The second-order valence-corrected chi connectivity index (χ2v) is 5.90.